The van der Waals surface area contributed by atoms with E-state index in [1.54, 1.807) is 18.7 Å². The summed E-state index contributed by atoms with van der Waals surface area (Å²) in [5.74, 6) is -0.887. The Bertz CT molecular complexity index is 366. The van der Waals surface area contributed by atoms with E-state index in [-0.39, 0.29) is 16.7 Å². The van der Waals surface area contributed by atoms with Gasteiger partial charge < -0.3 is 15.7 Å². The molecule has 0 saturated heterocycles. The molecule has 2 aliphatic carbocycles. The topological polar surface area (TPSA) is 78.4 Å². The highest BCUT2D eigenvalue weighted by atomic mass is 32.2. The first-order valence-electron chi connectivity index (χ1n) is 6.26. The van der Waals surface area contributed by atoms with Crippen molar-refractivity contribution in [3.8, 4) is 0 Å². The monoisotopic (exact) mass is 272 g/mol. The Morgan fingerprint density at radius 3 is 2.44 bits per heavy atom. The number of nitrogens with one attached hydrogen (secondary N) is 2. The second kappa shape index (κ2) is 4.64. The summed E-state index contributed by atoms with van der Waals surface area (Å²) in [7, 11) is 0. The van der Waals surface area contributed by atoms with Gasteiger partial charge in [-0.15, -0.1) is 0 Å². The minimum atomic E-state index is -1.12. The number of carboxylic acid groups (broad SMARTS) is 1. The van der Waals surface area contributed by atoms with Gasteiger partial charge in [0.25, 0.3) is 0 Å². The van der Waals surface area contributed by atoms with Crippen molar-refractivity contribution in [1.29, 1.82) is 0 Å². The molecular weight excluding hydrogens is 252 g/mol. The van der Waals surface area contributed by atoms with Crippen LogP contribution in [0.2, 0.25) is 0 Å². The number of thioether (sulfide) groups is 1. The average molecular weight is 272 g/mol. The van der Waals surface area contributed by atoms with Gasteiger partial charge in [0.1, 0.15) is 5.54 Å². The maximum atomic E-state index is 11.8. The summed E-state index contributed by atoms with van der Waals surface area (Å²) in [4.78, 5) is 23.1. The van der Waals surface area contributed by atoms with E-state index in [1.807, 2.05) is 6.26 Å². The first kappa shape index (κ1) is 13.5. The lowest BCUT2D eigenvalue weighted by molar-refractivity contribution is -0.144. The number of aliphatic carboxylic acids is 1. The van der Waals surface area contributed by atoms with Crippen LogP contribution in [0.3, 0.4) is 0 Å². The van der Waals surface area contributed by atoms with Crippen LogP contribution in [-0.4, -0.2) is 40.2 Å². The Balaban J connectivity index is 1.84. The lowest BCUT2D eigenvalue weighted by Crippen LogP contribution is -2.57. The molecule has 2 saturated carbocycles. The van der Waals surface area contributed by atoms with E-state index in [2.05, 4.69) is 10.6 Å². The van der Waals surface area contributed by atoms with Gasteiger partial charge in [-0.2, -0.15) is 11.8 Å². The fraction of sp³-hybridized carbons (Fsp3) is 0.833. The quantitative estimate of drug-likeness (QED) is 0.683. The van der Waals surface area contributed by atoms with E-state index in [9.17, 15) is 14.7 Å². The molecule has 0 aromatic rings. The van der Waals surface area contributed by atoms with Crippen LogP contribution < -0.4 is 10.6 Å². The minimum Gasteiger partial charge on any atom is -0.480 e. The predicted molar refractivity (Wildman–Crippen MR) is 70.8 cm³/mol. The van der Waals surface area contributed by atoms with Crippen molar-refractivity contribution in [2.45, 2.75) is 42.9 Å². The Hall–Kier alpha value is -0.910. The van der Waals surface area contributed by atoms with Gasteiger partial charge >= 0.3 is 12.0 Å². The molecule has 2 amide bonds. The molecule has 2 fully saturated rings. The molecule has 2 rings (SSSR count). The summed E-state index contributed by atoms with van der Waals surface area (Å²) >= 11 is 1.76. The number of urea groups is 1. The average Bonchev–Trinajstić information content (AvgIpc) is 3.18. The molecule has 1 atom stereocenters. The molecule has 6 heteroatoms. The maximum Gasteiger partial charge on any atom is 0.329 e. The zero-order valence-electron chi connectivity index (χ0n) is 10.8. The van der Waals surface area contributed by atoms with Crippen LogP contribution in [0.4, 0.5) is 4.79 Å². The normalized spacial score (nSPS) is 23.9. The molecule has 0 radical (unpaired) electrons. The summed E-state index contributed by atoms with van der Waals surface area (Å²) in [6.07, 6.45) is 6.02. The Morgan fingerprint density at radius 1 is 1.44 bits per heavy atom. The van der Waals surface area contributed by atoms with Crippen molar-refractivity contribution in [1.82, 2.24) is 10.6 Å². The Morgan fingerprint density at radius 2 is 2.06 bits per heavy atom. The Labute approximate surface area is 111 Å². The Kier molecular flexibility index (Phi) is 3.49. The number of carbonyl (C=O) groups excluding carboxylic acids is 1. The van der Waals surface area contributed by atoms with Crippen molar-refractivity contribution < 1.29 is 14.7 Å². The fourth-order valence-electron chi connectivity index (χ4n) is 2.10. The van der Waals surface area contributed by atoms with Gasteiger partial charge in [0, 0.05) is 11.3 Å². The largest absolute Gasteiger partial charge is 0.480 e. The zero-order chi connectivity index (χ0) is 13.4. The van der Waals surface area contributed by atoms with Gasteiger partial charge in [-0.05, 0) is 44.8 Å². The van der Waals surface area contributed by atoms with E-state index >= 15 is 0 Å². The van der Waals surface area contributed by atoms with Crippen molar-refractivity contribution >= 4 is 23.8 Å². The number of carbonyl (C=O) groups is 2. The van der Waals surface area contributed by atoms with E-state index in [4.69, 9.17) is 0 Å². The zero-order valence-corrected chi connectivity index (χ0v) is 11.6. The van der Waals surface area contributed by atoms with Crippen LogP contribution in [0.15, 0.2) is 0 Å². The van der Waals surface area contributed by atoms with Gasteiger partial charge in [-0.1, -0.05) is 0 Å². The van der Waals surface area contributed by atoms with E-state index in [1.165, 1.54) is 0 Å². The second-order valence-electron chi connectivity index (χ2n) is 5.48. The minimum absolute atomic E-state index is 0.0659. The van der Waals surface area contributed by atoms with E-state index < -0.39 is 11.5 Å². The van der Waals surface area contributed by atoms with Crippen LogP contribution in [0, 0.1) is 5.92 Å². The third-order valence-corrected chi connectivity index (χ3v) is 5.44. The summed E-state index contributed by atoms with van der Waals surface area (Å²) in [6.45, 7) is 2.20. The predicted octanol–water partition coefficient (Wildman–Crippen LogP) is 1.43. The van der Waals surface area contributed by atoms with Crippen LogP contribution in [0.5, 0.6) is 0 Å². The molecule has 0 aliphatic heterocycles. The third-order valence-electron chi connectivity index (χ3n) is 4.02. The fourth-order valence-corrected chi connectivity index (χ4v) is 2.83. The summed E-state index contributed by atoms with van der Waals surface area (Å²) in [5, 5.41) is 14.6. The molecule has 0 aromatic carbocycles. The number of hydrogen-bond donors (Lipinski definition) is 3. The first-order valence-corrected chi connectivity index (χ1v) is 7.49. The van der Waals surface area contributed by atoms with Gasteiger partial charge in [-0.3, -0.25) is 0 Å². The molecule has 0 heterocycles. The van der Waals surface area contributed by atoms with Crippen molar-refractivity contribution in [3.63, 3.8) is 0 Å². The van der Waals surface area contributed by atoms with Crippen LogP contribution in [0.25, 0.3) is 0 Å². The summed E-state index contributed by atoms with van der Waals surface area (Å²) in [6, 6.07) is -0.368. The smallest absolute Gasteiger partial charge is 0.329 e. The van der Waals surface area contributed by atoms with Gasteiger partial charge in [-0.25, -0.2) is 9.59 Å². The lowest BCUT2D eigenvalue weighted by atomic mass is 9.96. The van der Waals surface area contributed by atoms with Crippen LogP contribution in [-0.2, 0) is 4.79 Å². The molecule has 2 aliphatic rings. The van der Waals surface area contributed by atoms with Crippen molar-refractivity contribution in [3.05, 3.63) is 0 Å². The molecule has 0 aromatic heterocycles. The number of rotatable bonds is 6. The highest BCUT2D eigenvalue weighted by molar-refractivity contribution is 8.00. The van der Waals surface area contributed by atoms with Gasteiger partial charge in [0.05, 0.1) is 0 Å². The highest BCUT2D eigenvalue weighted by Crippen LogP contribution is 2.46. The third kappa shape index (κ3) is 2.74. The molecule has 0 bridgehead atoms. The standard InChI is InChI=1S/C12H20N2O3S/c1-11(9(15)16,8-3-4-8)14-10(17)13-7-12(18-2)5-6-12/h8H,3-7H2,1-2H3,(H,15,16)(H2,13,14,17). The molecular formula is C12H20N2O3S. The SMILES string of the molecule is CSC1(CNC(=O)NC(C)(C(=O)O)C2CC2)CC1. The summed E-state index contributed by atoms with van der Waals surface area (Å²) < 4.78 is 0.191. The highest BCUT2D eigenvalue weighted by Gasteiger charge is 2.49. The first-order chi connectivity index (χ1) is 8.42. The van der Waals surface area contributed by atoms with Gasteiger partial charge in [0.15, 0.2) is 0 Å². The lowest BCUT2D eigenvalue weighted by Gasteiger charge is -2.26. The number of amides is 2. The van der Waals surface area contributed by atoms with Crippen molar-refractivity contribution in [2.24, 2.45) is 5.92 Å². The van der Waals surface area contributed by atoms with Crippen molar-refractivity contribution in [2.75, 3.05) is 12.8 Å². The van der Waals surface area contributed by atoms with E-state index in [0.717, 1.165) is 25.7 Å². The molecule has 18 heavy (non-hydrogen) atoms. The molecule has 102 valence electrons. The van der Waals surface area contributed by atoms with Gasteiger partial charge in [0.2, 0.25) is 0 Å². The van der Waals surface area contributed by atoms with Crippen LogP contribution >= 0.6 is 11.8 Å². The molecule has 0 spiro atoms. The number of carboxylic acids is 1. The summed E-state index contributed by atoms with van der Waals surface area (Å²) in [5.41, 5.74) is -1.12. The van der Waals surface area contributed by atoms with E-state index in [0.29, 0.717) is 6.54 Å². The molecule has 3 N–H and O–H groups in total. The maximum absolute atomic E-state index is 11.8. The molecule has 5 nitrogen and oxygen atoms in total. The molecule has 1 unspecified atom stereocenters. The van der Waals surface area contributed by atoms with Crippen LogP contribution in [0.1, 0.15) is 32.6 Å². The number of hydrogen-bond acceptors (Lipinski definition) is 3. The second-order valence-corrected chi connectivity index (χ2v) is 6.75.